The molecular weight excluding hydrogens is 374 g/mol. The third-order valence-corrected chi connectivity index (χ3v) is 6.30. The van der Waals surface area contributed by atoms with Crippen LogP contribution in [0.1, 0.15) is 63.5 Å². The molecule has 0 radical (unpaired) electrons. The quantitative estimate of drug-likeness (QED) is 0.421. The summed E-state index contributed by atoms with van der Waals surface area (Å²) in [5.74, 6) is -0.109. The minimum absolute atomic E-state index is 0.0855. The first-order valence-corrected chi connectivity index (χ1v) is 11.4. The van der Waals surface area contributed by atoms with E-state index in [0.29, 0.717) is 6.42 Å². The van der Waals surface area contributed by atoms with Gasteiger partial charge in [-0.1, -0.05) is 51.7 Å². The summed E-state index contributed by atoms with van der Waals surface area (Å²) in [5.41, 5.74) is 5.45. The number of aliphatic hydroxyl groups is 1. The van der Waals surface area contributed by atoms with Gasteiger partial charge in [0.05, 0.1) is 18.2 Å². The number of benzene rings is 1. The molecule has 0 spiro atoms. The Morgan fingerprint density at radius 1 is 1.23 bits per heavy atom. The van der Waals surface area contributed by atoms with Crippen molar-refractivity contribution in [3.8, 4) is 0 Å². The van der Waals surface area contributed by atoms with Crippen molar-refractivity contribution in [3.05, 3.63) is 41.6 Å². The van der Waals surface area contributed by atoms with E-state index in [1.165, 1.54) is 49.5 Å². The second kappa shape index (κ2) is 10.2. The lowest BCUT2D eigenvalue weighted by Crippen LogP contribution is -2.50. The van der Waals surface area contributed by atoms with E-state index in [4.69, 9.17) is 0 Å². The number of anilines is 1. The summed E-state index contributed by atoms with van der Waals surface area (Å²) < 4.78 is 0. The van der Waals surface area contributed by atoms with Gasteiger partial charge in [0.1, 0.15) is 6.04 Å². The fourth-order valence-corrected chi connectivity index (χ4v) is 4.69. The van der Waals surface area contributed by atoms with Crippen LogP contribution in [0.25, 0.3) is 10.9 Å². The van der Waals surface area contributed by atoms with Crippen LogP contribution in [0.2, 0.25) is 0 Å². The molecule has 164 valence electrons. The molecule has 1 aliphatic heterocycles. The normalized spacial score (nSPS) is 19.3. The van der Waals surface area contributed by atoms with Crippen molar-refractivity contribution in [1.29, 1.82) is 0 Å². The van der Waals surface area contributed by atoms with Gasteiger partial charge in [-0.3, -0.25) is 4.79 Å². The predicted molar refractivity (Wildman–Crippen MR) is 125 cm³/mol. The summed E-state index contributed by atoms with van der Waals surface area (Å²) in [4.78, 5) is 18.4. The molecule has 2 aromatic rings. The molecule has 0 saturated carbocycles. The molecule has 5 nitrogen and oxygen atoms in total. The summed E-state index contributed by atoms with van der Waals surface area (Å²) in [6, 6.07) is 3.58. The number of H-pyrrole nitrogens is 1. The summed E-state index contributed by atoms with van der Waals surface area (Å²) in [5, 5.41) is 14.0. The molecule has 1 aliphatic rings. The number of aryl methyl sites for hydroxylation is 1. The number of carbonyl (C=O) groups excluding carboxylic acids is 1. The summed E-state index contributed by atoms with van der Waals surface area (Å²) in [7, 11) is 1.96. The van der Waals surface area contributed by atoms with Crippen LogP contribution in [0.5, 0.6) is 0 Å². The van der Waals surface area contributed by atoms with Crippen molar-refractivity contribution >= 4 is 22.5 Å². The number of hydrogen-bond donors (Lipinski definition) is 3. The van der Waals surface area contributed by atoms with Gasteiger partial charge in [-0.15, -0.1) is 0 Å². The van der Waals surface area contributed by atoms with Crippen LogP contribution >= 0.6 is 0 Å². The molecule has 1 aromatic heterocycles. The number of aromatic amines is 1. The van der Waals surface area contributed by atoms with E-state index >= 15 is 0 Å². The van der Waals surface area contributed by atoms with Crippen LogP contribution in [0.4, 0.5) is 5.69 Å². The number of aromatic nitrogens is 1. The van der Waals surface area contributed by atoms with Gasteiger partial charge in [0.25, 0.3) is 0 Å². The minimum atomic E-state index is -0.465. The number of nitrogens with zero attached hydrogens (tertiary/aromatic N) is 1. The lowest BCUT2D eigenvalue weighted by molar-refractivity contribution is -0.122. The van der Waals surface area contributed by atoms with Gasteiger partial charge in [0, 0.05) is 24.3 Å². The molecule has 0 aliphatic carbocycles. The van der Waals surface area contributed by atoms with Gasteiger partial charge in [-0.25, -0.2) is 0 Å². The average Bonchev–Trinajstić information content (AvgIpc) is 3.14. The van der Waals surface area contributed by atoms with Crippen LogP contribution in [0, 0.1) is 0 Å². The second-order valence-electron chi connectivity index (χ2n) is 8.78. The Balaban J connectivity index is 1.94. The first-order valence-electron chi connectivity index (χ1n) is 11.4. The molecule has 0 saturated heterocycles. The summed E-state index contributed by atoms with van der Waals surface area (Å²) in [6.07, 6.45) is 11.4. The highest BCUT2D eigenvalue weighted by Gasteiger charge is 2.30. The summed E-state index contributed by atoms with van der Waals surface area (Å²) >= 11 is 0. The molecule has 2 atom stereocenters. The largest absolute Gasteiger partial charge is 0.394 e. The molecule has 2 heterocycles. The number of rotatable bonds is 9. The van der Waals surface area contributed by atoms with E-state index in [1.807, 2.05) is 25.1 Å². The number of nitrogens with one attached hydrogen (secondary N) is 2. The molecule has 3 N–H and O–H groups in total. The van der Waals surface area contributed by atoms with Crippen LogP contribution in [0.3, 0.4) is 0 Å². The monoisotopic (exact) mass is 411 g/mol. The zero-order chi connectivity index (χ0) is 21.7. The smallest absolute Gasteiger partial charge is 0.247 e. The van der Waals surface area contributed by atoms with E-state index in [9.17, 15) is 9.90 Å². The van der Waals surface area contributed by atoms with Gasteiger partial charge < -0.3 is 20.3 Å². The Kier molecular flexibility index (Phi) is 7.59. The zero-order valence-corrected chi connectivity index (χ0v) is 18.8. The number of carbonyl (C=O) groups is 1. The van der Waals surface area contributed by atoms with Crippen LogP contribution in [-0.2, 0) is 17.6 Å². The number of hydrogen-bond acceptors (Lipinski definition) is 3. The molecule has 0 fully saturated rings. The summed E-state index contributed by atoms with van der Waals surface area (Å²) in [6.45, 7) is 8.10. The Labute approximate surface area is 180 Å². The molecule has 3 rings (SSSR count). The van der Waals surface area contributed by atoms with Gasteiger partial charge in [-0.2, -0.15) is 0 Å². The minimum Gasteiger partial charge on any atom is -0.394 e. The first-order chi connectivity index (χ1) is 14.5. The van der Waals surface area contributed by atoms with Crippen LogP contribution in [-0.4, -0.2) is 41.7 Å². The Bertz CT molecular complexity index is 886. The fraction of sp³-hybridized carbons (Fsp3) is 0.560. The Hall–Kier alpha value is -2.27. The van der Waals surface area contributed by atoms with E-state index in [0.717, 1.165) is 28.8 Å². The number of amides is 1. The zero-order valence-electron chi connectivity index (χ0n) is 18.8. The number of likely N-dealkylation sites (N-methyl/N-ethyl adjacent to an activating group) is 1. The highest BCUT2D eigenvalue weighted by Crippen LogP contribution is 2.35. The standard InChI is InChI=1S/C25H37N3O2/c1-5-6-7-8-9-10-11-18-12-13-21-22-19(15-26-23(18)22)14-20(16-29)27-25(30)24(17(2)3)28(21)4/h12-13,15,20,24,26,29H,2,5-11,14,16H2,1,3-4H3,(H,27,30)/t20-,24-/m0/s1. The Morgan fingerprint density at radius 2 is 1.97 bits per heavy atom. The van der Waals surface area contributed by atoms with Gasteiger partial charge in [-0.05, 0) is 49.0 Å². The predicted octanol–water partition coefficient (Wildman–Crippen LogP) is 4.49. The number of aliphatic hydroxyl groups excluding tert-OH is 1. The maximum atomic E-state index is 12.9. The third-order valence-electron chi connectivity index (χ3n) is 6.30. The molecule has 0 bridgehead atoms. The first kappa shape index (κ1) is 22.4. The van der Waals surface area contributed by atoms with Crippen LogP contribution in [0.15, 0.2) is 30.5 Å². The van der Waals surface area contributed by atoms with Crippen molar-refractivity contribution in [2.24, 2.45) is 0 Å². The SMILES string of the molecule is C=C(C)[C@H]1C(=O)N[C@H](CO)Cc2c[nH]c3c(CCCCCCCC)ccc(c23)N1C. The number of unbranched alkanes of at least 4 members (excludes halogenated alkanes) is 5. The van der Waals surface area contributed by atoms with E-state index < -0.39 is 6.04 Å². The van der Waals surface area contributed by atoms with E-state index in [1.54, 1.807) is 0 Å². The van der Waals surface area contributed by atoms with Gasteiger partial charge >= 0.3 is 0 Å². The fourth-order valence-electron chi connectivity index (χ4n) is 4.69. The van der Waals surface area contributed by atoms with Crippen molar-refractivity contribution in [2.45, 2.75) is 77.3 Å². The highest BCUT2D eigenvalue weighted by molar-refractivity contribution is 6.00. The lowest BCUT2D eigenvalue weighted by atomic mass is 9.98. The lowest BCUT2D eigenvalue weighted by Gasteiger charge is -2.30. The van der Waals surface area contributed by atoms with Crippen molar-refractivity contribution < 1.29 is 9.90 Å². The molecule has 1 aromatic carbocycles. The molecule has 0 unspecified atom stereocenters. The molecule has 1 amide bonds. The van der Waals surface area contributed by atoms with Gasteiger partial charge in [0.2, 0.25) is 5.91 Å². The highest BCUT2D eigenvalue weighted by atomic mass is 16.3. The topological polar surface area (TPSA) is 68.4 Å². The Morgan fingerprint density at radius 3 is 2.67 bits per heavy atom. The molecule has 30 heavy (non-hydrogen) atoms. The van der Waals surface area contributed by atoms with E-state index in [2.05, 4.69) is 35.9 Å². The van der Waals surface area contributed by atoms with Crippen LogP contribution < -0.4 is 10.2 Å². The second-order valence-corrected chi connectivity index (χ2v) is 8.78. The molecular formula is C25H37N3O2. The maximum absolute atomic E-state index is 12.9. The van der Waals surface area contributed by atoms with Crippen molar-refractivity contribution in [2.75, 3.05) is 18.6 Å². The van der Waals surface area contributed by atoms with E-state index in [-0.39, 0.29) is 18.6 Å². The van der Waals surface area contributed by atoms with Gasteiger partial charge in [0.15, 0.2) is 0 Å². The van der Waals surface area contributed by atoms with Crippen molar-refractivity contribution in [3.63, 3.8) is 0 Å². The maximum Gasteiger partial charge on any atom is 0.247 e. The average molecular weight is 412 g/mol. The third kappa shape index (κ3) is 4.72. The molecule has 5 heteroatoms. The van der Waals surface area contributed by atoms with Crippen molar-refractivity contribution in [1.82, 2.24) is 10.3 Å².